The second-order valence-corrected chi connectivity index (χ2v) is 11.1. The number of hydrogen-bond donors (Lipinski definition) is 3. The molecule has 0 saturated heterocycles. The molecule has 1 aromatic carbocycles. The van der Waals surface area contributed by atoms with Gasteiger partial charge >= 0.3 is 0 Å². The molecule has 168 valence electrons. The molecule has 1 aliphatic carbocycles. The molecular weight excluding hydrogens is 426 g/mol. The highest BCUT2D eigenvalue weighted by Gasteiger charge is 2.28. The van der Waals surface area contributed by atoms with Crippen LogP contribution in [-0.2, 0) is 16.3 Å². The molecule has 3 heterocycles. The maximum Gasteiger partial charge on any atom is 0.253 e. The van der Waals surface area contributed by atoms with Crippen LogP contribution in [0.2, 0.25) is 0 Å². The first-order valence-corrected chi connectivity index (χ1v) is 12.7. The van der Waals surface area contributed by atoms with Crippen molar-refractivity contribution >= 4 is 32.6 Å². The summed E-state index contributed by atoms with van der Waals surface area (Å²) in [4.78, 5) is 25.0. The van der Waals surface area contributed by atoms with Gasteiger partial charge in [0.05, 0.1) is 27.6 Å². The van der Waals surface area contributed by atoms with Gasteiger partial charge in [0, 0.05) is 12.2 Å². The van der Waals surface area contributed by atoms with E-state index >= 15 is 0 Å². The number of rotatable bonds is 6. The van der Waals surface area contributed by atoms with Crippen molar-refractivity contribution in [3.05, 3.63) is 47.4 Å². The minimum atomic E-state index is -3.26. The molecule has 8 nitrogen and oxygen atoms in total. The molecule has 2 aliphatic rings. The molecule has 0 spiro atoms. The number of aromatic amines is 1. The molecule has 1 amide bonds. The fourth-order valence-electron chi connectivity index (χ4n) is 4.35. The van der Waals surface area contributed by atoms with Crippen molar-refractivity contribution in [1.82, 2.24) is 20.3 Å². The van der Waals surface area contributed by atoms with Gasteiger partial charge in [-0.1, -0.05) is 26.0 Å². The van der Waals surface area contributed by atoms with E-state index in [1.807, 2.05) is 12.1 Å². The van der Waals surface area contributed by atoms with Crippen LogP contribution >= 0.6 is 0 Å². The number of hydrogen-bond acceptors (Lipinski definition) is 6. The maximum atomic E-state index is 12.8. The van der Waals surface area contributed by atoms with Crippen LogP contribution in [0.25, 0.3) is 11.0 Å². The fourth-order valence-corrected chi connectivity index (χ4v) is 5.98. The van der Waals surface area contributed by atoms with Gasteiger partial charge in [-0.2, -0.15) is 0 Å². The number of nitrogens with one attached hydrogen (secondary N) is 3. The van der Waals surface area contributed by atoms with Crippen LogP contribution in [0.5, 0.6) is 0 Å². The average molecular weight is 454 g/mol. The van der Waals surface area contributed by atoms with Crippen LogP contribution in [0, 0.1) is 5.92 Å². The molecule has 1 aliphatic heterocycles. The van der Waals surface area contributed by atoms with Gasteiger partial charge in [0.2, 0.25) is 0 Å². The van der Waals surface area contributed by atoms with Gasteiger partial charge in [-0.3, -0.25) is 4.79 Å². The number of H-pyrrole nitrogens is 1. The number of anilines is 1. The molecule has 3 aromatic rings. The molecule has 2 aromatic heterocycles. The number of aromatic nitrogens is 3. The summed E-state index contributed by atoms with van der Waals surface area (Å²) in [5, 5.41) is 7.13. The van der Waals surface area contributed by atoms with E-state index in [4.69, 9.17) is 0 Å². The Morgan fingerprint density at radius 2 is 2.03 bits per heavy atom. The minimum absolute atomic E-state index is 0.141. The first kappa shape index (κ1) is 20.9. The first-order valence-electron chi connectivity index (χ1n) is 11.1. The van der Waals surface area contributed by atoms with Crippen LogP contribution in [0.15, 0.2) is 35.6 Å². The third kappa shape index (κ3) is 3.85. The van der Waals surface area contributed by atoms with Crippen molar-refractivity contribution in [3.63, 3.8) is 0 Å². The van der Waals surface area contributed by atoms with Gasteiger partial charge in [0.15, 0.2) is 9.84 Å². The zero-order valence-corrected chi connectivity index (χ0v) is 19.0. The van der Waals surface area contributed by atoms with Gasteiger partial charge in [0.25, 0.3) is 5.91 Å². The van der Waals surface area contributed by atoms with E-state index in [2.05, 4.69) is 39.4 Å². The summed E-state index contributed by atoms with van der Waals surface area (Å²) in [6, 6.07) is 5.78. The van der Waals surface area contributed by atoms with Crippen molar-refractivity contribution in [3.8, 4) is 0 Å². The van der Waals surface area contributed by atoms with E-state index in [0.29, 0.717) is 33.7 Å². The number of fused-ring (bicyclic) bond motifs is 2. The third-order valence-electron chi connectivity index (χ3n) is 6.23. The zero-order chi connectivity index (χ0) is 22.5. The molecule has 1 fully saturated rings. The summed E-state index contributed by atoms with van der Waals surface area (Å²) in [6.07, 6.45) is 6.58. The Labute approximate surface area is 187 Å². The molecule has 9 heteroatoms. The predicted molar refractivity (Wildman–Crippen MR) is 122 cm³/mol. The SMILES string of the molecule is CC(C)[C@@H](Nc1ncnc2[nH]cc(C(=O)NC3CC3)c12)c1ccc2c(c1)S(=O)(=O)CCC2. The third-order valence-corrected chi connectivity index (χ3v) is 8.11. The Hall–Kier alpha value is -2.94. The Balaban J connectivity index is 1.53. The predicted octanol–water partition coefficient (Wildman–Crippen LogP) is 3.38. The first-order chi connectivity index (χ1) is 15.3. The largest absolute Gasteiger partial charge is 0.362 e. The number of carbonyl (C=O) groups is 1. The number of carbonyl (C=O) groups excluding carboxylic acids is 1. The van der Waals surface area contributed by atoms with Gasteiger partial charge < -0.3 is 15.6 Å². The summed E-state index contributed by atoms with van der Waals surface area (Å²) in [5.41, 5.74) is 2.86. The minimum Gasteiger partial charge on any atom is -0.362 e. The standard InChI is InChI=1S/C23H27N5O3S/c1-13(2)20(15-6-5-14-4-3-9-32(30,31)18(14)10-15)28-22-19-17(23(29)27-16-7-8-16)11-24-21(19)25-12-26-22/h5-6,10-13,16,20H,3-4,7-9H2,1-2H3,(H,27,29)(H2,24,25,26,28)/t20-/m1/s1. The molecule has 1 atom stereocenters. The van der Waals surface area contributed by atoms with E-state index in [-0.39, 0.29) is 29.7 Å². The summed E-state index contributed by atoms with van der Waals surface area (Å²) in [5.74, 6) is 0.750. The Bertz CT molecular complexity index is 1290. The highest BCUT2D eigenvalue weighted by molar-refractivity contribution is 7.91. The second kappa shape index (κ2) is 7.88. The molecule has 3 N–H and O–H groups in total. The van der Waals surface area contributed by atoms with E-state index in [9.17, 15) is 13.2 Å². The van der Waals surface area contributed by atoms with Crippen LogP contribution in [0.4, 0.5) is 5.82 Å². The lowest BCUT2D eigenvalue weighted by molar-refractivity contribution is 0.0952. The summed E-state index contributed by atoms with van der Waals surface area (Å²) in [7, 11) is -3.26. The normalized spacial score (nSPS) is 18.3. The van der Waals surface area contributed by atoms with Gasteiger partial charge in [0.1, 0.15) is 17.8 Å². The van der Waals surface area contributed by atoms with Gasteiger partial charge in [-0.05, 0) is 48.8 Å². The number of benzene rings is 1. The summed E-state index contributed by atoms with van der Waals surface area (Å²) < 4.78 is 25.3. The lowest BCUT2D eigenvalue weighted by Gasteiger charge is -2.26. The van der Waals surface area contributed by atoms with E-state index in [1.54, 1.807) is 12.3 Å². The quantitative estimate of drug-likeness (QED) is 0.527. The topological polar surface area (TPSA) is 117 Å². The van der Waals surface area contributed by atoms with Crippen LogP contribution in [-0.4, -0.2) is 41.1 Å². The number of aryl methyl sites for hydroxylation is 1. The van der Waals surface area contributed by atoms with Crippen molar-refractivity contribution in [2.24, 2.45) is 5.92 Å². The molecular formula is C23H27N5O3S. The monoisotopic (exact) mass is 453 g/mol. The molecule has 0 unspecified atom stereocenters. The summed E-state index contributed by atoms with van der Waals surface area (Å²) in [6.45, 7) is 4.14. The van der Waals surface area contributed by atoms with Crippen molar-refractivity contribution in [2.45, 2.75) is 56.5 Å². The fraction of sp³-hybridized carbons (Fsp3) is 0.435. The highest BCUT2D eigenvalue weighted by atomic mass is 32.2. The molecule has 32 heavy (non-hydrogen) atoms. The zero-order valence-electron chi connectivity index (χ0n) is 18.2. The van der Waals surface area contributed by atoms with Gasteiger partial charge in [-0.15, -0.1) is 0 Å². The highest BCUT2D eigenvalue weighted by Crippen LogP contribution is 2.34. The van der Waals surface area contributed by atoms with Crippen molar-refractivity contribution < 1.29 is 13.2 Å². The van der Waals surface area contributed by atoms with E-state index in [0.717, 1.165) is 30.4 Å². The van der Waals surface area contributed by atoms with Crippen LogP contribution in [0.1, 0.15) is 60.6 Å². The lowest BCUT2D eigenvalue weighted by Crippen LogP contribution is -2.25. The number of sulfone groups is 1. The second-order valence-electron chi connectivity index (χ2n) is 9.05. The van der Waals surface area contributed by atoms with Crippen LogP contribution in [0.3, 0.4) is 0 Å². The van der Waals surface area contributed by atoms with Gasteiger partial charge in [-0.25, -0.2) is 18.4 Å². The molecule has 5 rings (SSSR count). The molecule has 1 saturated carbocycles. The van der Waals surface area contributed by atoms with E-state index < -0.39 is 9.84 Å². The summed E-state index contributed by atoms with van der Waals surface area (Å²) >= 11 is 0. The molecule has 0 radical (unpaired) electrons. The maximum absolute atomic E-state index is 12.8. The number of nitrogens with zero attached hydrogens (tertiary/aromatic N) is 2. The van der Waals surface area contributed by atoms with E-state index in [1.165, 1.54) is 6.33 Å². The molecule has 0 bridgehead atoms. The smallest absolute Gasteiger partial charge is 0.253 e. The Morgan fingerprint density at radius 1 is 1.22 bits per heavy atom. The van der Waals surface area contributed by atoms with Crippen molar-refractivity contribution in [1.29, 1.82) is 0 Å². The number of amides is 1. The lowest BCUT2D eigenvalue weighted by atomic mass is 9.94. The average Bonchev–Trinajstić information content (AvgIpc) is 3.46. The Kier molecular flexibility index (Phi) is 5.16. The van der Waals surface area contributed by atoms with Crippen molar-refractivity contribution in [2.75, 3.05) is 11.1 Å². The van der Waals surface area contributed by atoms with Crippen LogP contribution < -0.4 is 10.6 Å². The Morgan fingerprint density at radius 3 is 2.78 bits per heavy atom.